The zero-order chi connectivity index (χ0) is 10.1. The van der Waals surface area contributed by atoms with Crippen LogP contribution < -0.4 is 0 Å². The van der Waals surface area contributed by atoms with E-state index in [4.69, 9.17) is 10.2 Å². The molecule has 0 bridgehead atoms. The van der Waals surface area contributed by atoms with Crippen LogP contribution in [0.15, 0.2) is 12.1 Å². The summed E-state index contributed by atoms with van der Waals surface area (Å²) in [5.41, 5.74) is 1.56. The van der Waals surface area contributed by atoms with Crippen LogP contribution >= 0.6 is 0 Å². The van der Waals surface area contributed by atoms with E-state index in [1.807, 2.05) is 0 Å². The topological polar surface area (TPSA) is 70.4 Å². The van der Waals surface area contributed by atoms with Gasteiger partial charge < -0.3 is 10.2 Å². The lowest BCUT2D eigenvalue weighted by molar-refractivity contribution is 0.0690. The molecule has 0 saturated heterocycles. The third-order valence-electron chi connectivity index (χ3n) is 2.37. The highest BCUT2D eigenvalue weighted by molar-refractivity contribution is 5.85. The minimum absolute atomic E-state index is 0.0594. The van der Waals surface area contributed by atoms with Crippen molar-refractivity contribution < 1.29 is 15.0 Å². The summed E-state index contributed by atoms with van der Waals surface area (Å²) in [5, 5.41) is 17.8. The van der Waals surface area contributed by atoms with Crippen molar-refractivity contribution in [3.63, 3.8) is 0 Å². The highest BCUT2D eigenvalue weighted by Gasteiger charge is 2.28. The molecule has 0 atom stereocenters. The molecule has 0 spiro atoms. The van der Waals surface area contributed by atoms with Crippen molar-refractivity contribution in [2.75, 3.05) is 0 Å². The molecule has 4 nitrogen and oxygen atoms in total. The number of carbonyl (C=O) groups is 1. The minimum atomic E-state index is -1.02. The number of carboxylic acid groups (broad SMARTS) is 1. The first kappa shape index (κ1) is 9.15. The van der Waals surface area contributed by atoms with Gasteiger partial charge in [-0.25, -0.2) is 9.78 Å². The van der Waals surface area contributed by atoms with Gasteiger partial charge in [-0.2, -0.15) is 0 Å². The molecule has 1 aliphatic carbocycles. The number of aromatic carboxylic acids is 1. The molecule has 1 aliphatic rings. The number of pyridine rings is 1. The molecule has 1 saturated carbocycles. The molecular weight excluding hydrogens is 182 g/mol. The molecule has 14 heavy (non-hydrogen) atoms. The quantitative estimate of drug-likeness (QED) is 0.755. The fourth-order valence-electron chi connectivity index (χ4n) is 1.47. The van der Waals surface area contributed by atoms with Gasteiger partial charge in [-0.15, -0.1) is 0 Å². The van der Waals surface area contributed by atoms with E-state index in [2.05, 4.69) is 4.98 Å². The lowest BCUT2D eigenvalue weighted by Gasteiger charge is -2.05. The number of nitrogens with zero attached hydrogens (tertiary/aromatic N) is 1. The van der Waals surface area contributed by atoms with E-state index in [1.54, 1.807) is 6.07 Å². The number of aromatic nitrogens is 1. The molecule has 0 unspecified atom stereocenters. The molecule has 4 heteroatoms. The normalized spacial score (nSPS) is 15.5. The lowest BCUT2D eigenvalue weighted by atomic mass is 10.1. The maximum Gasteiger partial charge on any atom is 0.354 e. The predicted molar refractivity (Wildman–Crippen MR) is 49.1 cm³/mol. The monoisotopic (exact) mass is 193 g/mol. The Morgan fingerprint density at radius 2 is 2.21 bits per heavy atom. The maximum atomic E-state index is 10.7. The molecule has 1 aromatic rings. The summed E-state index contributed by atoms with van der Waals surface area (Å²) in [4.78, 5) is 14.7. The zero-order valence-electron chi connectivity index (χ0n) is 7.60. The van der Waals surface area contributed by atoms with Crippen LogP contribution in [-0.2, 0) is 6.61 Å². The molecule has 1 aromatic heterocycles. The molecule has 2 N–H and O–H groups in total. The lowest BCUT2D eigenvalue weighted by Crippen LogP contribution is -2.05. The molecule has 1 fully saturated rings. The standard InChI is InChI=1S/C10H11NO3/c12-5-7-3-4-8(10(13)14)11-9(7)6-1-2-6/h3-4,6,12H,1-2,5H2,(H,13,14). The van der Waals surface area contributed by atoms with Crippen molar-refractivity contribution in [2.24, 2.45) is 0 Å². The summed E-state index contributed by atoms with van der Waals surface area (Å²) in [6.07, 6.45) is 2.09. The average Bonchev–Trinajstić information content (AvgIpc) is 3.00. The summed E-state index contributed by atoms with van der Waals surface area (Å²) in [7, 11) is 0. The van der Waals surface area contributed by atoms with Gasteiger partial charge in [0, 0.05) is 11.6 Å². The smallest absolute Gasteiger partial charge is 0.354 e. The summed E-state index contributed by atoms with van der Waals surface area (Å²) in [6, 6.07) is 3.07. The van der Waals surface area contributed by atoms with Crippen molar-refractivity contribution in [2.45, 2.75) is 25.4 Å². The van der Waals surface area contributed by atoms with Crippen molar-refractivity contribution in [3.05, 3.63) is 29.1 Å². The van der Waals surface area contributed by atoms with Crippen LogP contribution in [0.5, 0.6) is 0 Å². The summed E-state index contributed by atoms with van der Waals surface area (Å²) in [5.74, 6) is -0.659. The van der Waals surface area contributed by atoms with Crippen molar-refractivity contribution in [3.8, 4) is 0 Å². The Kier molecular flexibility index (Phi) is 2.21. The molecule has 0 amide bonds. The highest BCUT2D eigenvalue weighted by Crippen LogP contribution is 2.40. The third-order valence-corrected chi connectivity index (χ3v) is 2.37. The Labute approximate surface area is 81.2 Å². The third kappa shape index (κ3) is 1.61. The van der Waals surface area contributed by atoms with Gasteiger partial charge in [0.1, 0.15) is 5.69 Å². The molecular formula is C10H11NO3. The van der Waals surface area contributed by atoms with Crippen LogP contribution in [0.2, 0.25) is 0 Å². The number of aliphatic hydroxyl groups excluding tert-OH is 1. The first-order valence-electron chi connectivity index (χ1n) is 4.56. The molecule has 0 aromatic carbocycles. The van der Waals surface area contributed by atoms with Crippen molar-refractivity contribution in [1.82, 2.24) is 4.98 Å². The fraction of sp³-hybridized carbons (Fsp3) is 0.400. The Morgan fingerprint density at radius 3 is 2.71 bits per heavy atom. The van der Waals surface area contributed by atoms with Crippen LogP contribution in [0, 0.1) is 0 Å². The van der Waals surface area contributed by atoms with Gasteiger partial charge in [-0.1, -0.05) is 6.07 Å². The second-order valence-corrected chi connectivity index (χ2v) is 3.48. The van der Waals surface area contributed by atoms with Gasteiger partial charge in [0.15, 0.2) is 0 Å². The molecule has 0 radical (unpaired) electrons. The van der Waals surface area contributed by atoms with Gasteiger partial charge in [0.25, 0.3) is 0 Å². The van der Waals surface area contributed by atoms with Crippen LogP contribution in [0.3, 0.4) is 0 Å². The van der Waals surface area contributed by atoms with E-state index < -0.39 is 5.97 Å². The van der Waals surface area contributed by atoms with Gasteiger partial charge in [-0.3, -0.25) is 0 Å². The Morgan fingerprint density at radius 1 is 1.50 bits per heavy atom. The molecule has 74 valence electrons. The maximum absolute atomic E-state index is 10.7. The van der Waals surface area contributed by atoms with Gasteiger partial charge in [0.05, 0.1) is 6.61 Å². The van der Waals surface area contributed by atoms with Gasteiger partial charge in [-0.05, 0) is 24.5 Å². The van der Waals surface area contributed by atoms with Crippen LogP contribution in [0.25, 0.3) is 0 Å². The highest BCUT2D eigenvalue weighted by atomic mass is 16.4. The fourth-order valence-corrected chi connectivity index (χ4v) is 1.47. The predicted octanol–water partition coefficient (Wildman–Crippen LogP) is 1.15. The SMILES string of the molecule is O=C(O)c1ccc(CO)c(C2CC2)n1. The Bertz CT molecular complexity index is 372. The number of hydrogen-bond acceptors (Lipinski definition) is 3. The van der Waals surface area contributed by atoms with Crippen molar-refractivity contribution >= 4 is 5.97 Å². The van der Waals surface area contributed by atoms with Crippen LogP contribution in [-0.4, -0.2) is 21.2 Å². The van der Waals surface area contributed by atoms with E-state index in [0.717, 1.165) is 24.1 Å². The van der Waals surface area contributed by atoms with Gasteiger partial charge >= 0.3 is 5.97 Å². The summed E-state index contributed by atoms with van der Waals surface area (Å²) in [6.45, 7) is -0.0707. The number of carboxylic acids is 1. The number of rotatable bonds is 3. The first-order chi connectivity index (χ1) is 6.72. The minimum Gasteiger partial charge on any atom is -0.477 e. The molecule has 2 rings (SSSR count). The van der Waals surface area contributed by atoms with Crippen LogP contribution in [0.1, 0.15) is 40.5 Å². The van der Waals surface area contributed by atoms with E-state index in [-0.39, 0.29) is 12.3 Å². The first-order valence-corrected chi connectivity index (χ1v) is 4.56. The van der Waals surface area contributed by atoms with E-state index >= 15 is 0 Å². The molecule has 1 heterocycles. The largest absolute Gasteiger partial charge is 0.477 e. The van der Waals surface area contributed by atoms with Crippen molar-refractivity contribution in [1.29, 1.82) is 0 Å². The number of hydrogen-bond donors (Lipinski definition) is 2. The van der Waals surface area contributed by atoms with E-state index in [0.29, 0.717) is 5.92 Å². The Balaban J connectivity index is 2.41. The number of aliphatic hydroxyl groups is 1. The molecule has 0 aliphatic heterocycles. The Hall–Kier alpha value is -1.42. The van der Waals surface area contributed by atoms with E-state index in [1.165, 1.54) is 6.07 Å². The second-order valence-electron chi connectivity index (χ2n) is 3.48. The second kappa shape index (κ2) is 3.38. The summed E-state index contributed by atoms with van der Waals surface area (Å²) < 4.78 is 0. The van der Waals surface area contributed by atoms with E-state index in [9.17, 15) is 4.79 Å². The zero-order valence-corrected chi connectivity index (χ0v) is 7.60. The average molecular weight is 193 g/mol. The summed E-state index contributed by atoms with van der Waals surface area (Å²) >= 11 is 0. The van der Waals surface area contributed by atoms with Gasteiger partial charge in [0.2, 0.25) is 0 Å². The van der Waals surface area contributed by atoms with Crippen LogP contribution in [0.4, 0.5) is 0 Å².